The molecule has 2 fully saturated rings. The van der Waals surface area contributed by atoms with Crippen LogP contribution in [0.25, 0.3) is 11.3 Å². The predicted molar refractivity (Wildman–Crippen MR) is 113 cm³/mol. The van der Waals surface area contributed by atoms with E-state index >= 15 is 0 Å². The first-order chi connectivity index (χ1) is 14.1. The van der Waals surface area contributed by atoms with Gasteiger partial charge in [0.2, 0.25) is 5.75 Å². The lowest BCUT2D eigenvalue weighted by Crippen LogP contribution is -2.47. The topological polar surface area (TPSA) is 76.7 Å². The maximum absolute atomic E-state index is 13.2. The van der Waals surface area contributed by atoms with E-state index in [1.807, 2.05) is 30.0 Å². The molecule has 2 atom stereocenters. The summed E-state index contributed by atoms with van der Waals surface area (Å²) in [4.78, 5) is 15.3. The highest BCUT2D eigenvalue weighted by atomic mass is 32.2. The molecule has 1 amide bonds. The van der Waals surface area contributed by atoms with Crippen molar-refractivity contribution < 1.29 is 19.0 Å². The lowest BCUT2D eigenvalue weighted by atomic mass is 10.0. The van der Waals surface area contributed by atoms with Gasteiger partial charge in [0.25, 0.3) is 5.91 Å². The predicted octanol–water partition coefficient (Wildman–Crippen LogP) is 3.60. The highest BCUT2D eigenvalue weighted by Crippen LogP contribution is 2.42. The molecule has 2 aromatic rings. The number of thioether (sulfide) groups is 1. The molecule has 8 heteroatoms. The van der Waals surface area contributed by atoms with Gasteiger partial charge < -0.3 is 19.1 Å². The lowest BCUT2D eigenvalue weighted by molar-refractivity contribution is 0.0595. The number of aromatic amines is 1. The van der Waals surface area contributed by atoms with Crippen LogP contribution in [-0.4, -0.2) is 65.9 Å². The molecule has 7 nitrogen and oxygen atoms in total. The molecular formula is C21H27N3O4S. The van der Waals surface area contributed by atoms with Gasteiger partial charge in [0.05, 0.1) is 27.0 Å². The summed E-state index contributed by atoms with van der Waals surface area (Å²) in [6.45, 7) is 0. The van der Waals surface area contributed by atoms with Crippen molar-refractivity contribution in [1.29, 1.82) is 0 Å². The molecule has 1 aromatic carbocycles. The zero-order chi connectivity index (χ0) is 20.5. The average Bonchev–Trinajstić information content (AvgIpc) is 3.34. The van der Waals surface area contributed by atoms with E-state index in [0.29, 0.717) is 46.0 Å². The number of hydrogen-bond donors (Lipinski definition) is 1. The van der Waals surface area contributed by atoms with Gasteiger partial charge in [-0.15, -0.1) is 0 Å². The van der Waals surface area contributed by atoms with Crippen molar-refractivity contribution in [2.24, 2.45) is 0 Å². The molecule has 2 saturated heterocycles. The molecule has 1 N–H and O–H groups in total. The molecule has 2 aliphatic heterocycles. The molecule has 2 aliphatic rings. The first-order valence-electron chi connectivity index (χ1n) is 9.80. The Balaban J connectivity index is 1.60. The average molecular weight is 418 g/mol. The number of carbonyl (C=O) groups excluding carboxylic acids is 1. The number of hydrogen-bond acceptors (Lipinski definition) is 6. The molecular weight excluding hydrogens is 390 g/mol. The Kier molecular flexibility index (Phi) is 5.63. The quantitative estimate of drug-likeness (QED) is 0.774. The minimum absolute atomic E-state index is 0.0447. The molecule has 0 radical (unpaired) electrons. The number of ether oxygens (including phenoxy) is 3. The van der Waals surface area contributed by atoms with Crippen molar-refractivity contribution in [2.45, 2.75) is 43.0 Å². The van der Waals surface area contributed by atoms with Crippen LogP contribution in [0.3, 0.4) is 0 Å². The van der Waals surface area contributed by atoms with Crippen LogP contribution >= 0.6 is 11.8 Å². The fraction of sp³-hybridized carbons (Fsp3) is 0.524. The number of aromatic nitrogens is 2. The number of benzene rings is 1. The van der Waals surface area contributed by atoms with Crippen molar-refractivity contribution >= 4 is 17.7 Å². The van der Waals surface area contributed by atoms with Crippen molar-refractivity contribution in [2.75, 3.05) is 27.6 Å². The standard InChI is InChI=1S/C21H27N3O4S/c1-26-18-7-12(8-19(27-2)20(18)28-3)16-11-17(23-22-16)21(25)24-13-5-6-14(24)10-15(9-13)29-4/h7-8,11,13-15H,5-6,9-10H2,1-4H3,(H,22,23). The number of rotatable bonds is 6. The van der Waals surface area contributed by atoms with Gasteiger partial charge in [-0.25, -0.2) is 0 Å². The summed E-state index contributed by atoms with van der Waals surface area (Å²) in [6.07, 6.45) is 6.53. The van der Waals surface area contributed by atoms with E-state index in [1.54, 1.807) is 21.3 Å². The summed E-state index contributed by atoms with van der Waals surface area (Å²) in [7, 11) is 4.73. The highest BCUT2D eigenvalue weighted by molar-refractivity contribution is 7.99. The number of amides is 1. The smallest absolute Gasteiger partial charge is 0.272 e. The molecule has 3 heterocycles. The number of nitrogens with zero attached hydrogens (tertiary/aromatic N) is 2. The molecule has 0 saturated carbocycles. The summed E-state index contributed by atoms with van der Waals surface area (Å²) >= 11 is 1.92. The Morgan fingerprint density at radius 3 is 2.21 bits per heavy atom. The second kappa shape index (κ2) is 8.18. The third-order valence-electron chi connectivity index (χ3n) is 6.03. The highest BCUT2D eigenvalue weighted by Gasteiger charge is 2.43. The maximum Gasteiger partial charge on any atom is 0.272 e. The summed E-state index contributed by atoms with van der Waals surface area (Å²) < 4.78 is 16.2. The fourth-order valence-corrected chi connectivity index (χ4v) is 5.43. The second-order valence-electron chi connectivity index (χ2n) is 7.51. The summed E-state index contributed by atoms with van der Waals surface area (Å²) in [5, 5.41) is 7.98. The Labute approximate surface area is 175 Å². The van der Waals surface area contributed by atoms with Crippen LogP contribution < -0.4 is 14.2 Å². The maximum atomic E-state index is 13.2. The summed E-state index contributed by atoms with van der Waals surface area (Å²) in [6, 6.07) is 6.15. The van der Waals surface area contributed by atoms with Gasteiger partial charge in [-0.3, -0.25) is 9.89 Å². The SMILES string of the molecule is COc1cc(-c2cc(C(=O)N3C4CCC3CC(SC)C4)[nH]n2)cc(OC)c1OC. The largest absolute Gasteiger partial charge is 0.493 e. The van der Waals surface area contributed by atoms with E-state index in [9.17, 15) is 4.79 Å². The van der Waals surface area contributed by atoms with E-state index in [-0.39, 0.29) is 5.91 Å². The Morgan fingerprint density at radius 2 is 1.69 bits per heavy atom. The van der Waals surface area contributed by atoms with Gasteiger partial charge in [0, 0.05) is 22.9 Å². The molecule has 0 spiro atoms. The van der Waals surface area contributed by atoms with Gasteiger partial charge in [-0.1, -0.05) is 0 Å². The normalized spacial score (nSPS) is 23.2. The molecule has 4 rings (SSSR count). The number of carbonyl (C=O) groups is 1. The van der Waals surface area contributed by atoms with Crippen molar-refractivity contribution in [3.8, 4) is 28.5 Å². The summed E-state index contributed by atoms with van der Waals surface area (Å²) in [5.41, 5.74) is 1.98. The third-order valence-corrected chi connectivity index (χ3v) is 7.08. The van der Waals surface area contributed by atoms with Crippen LogP contribution in [0.15, 0.2) is 18.2 Å². The van der Waals surface area contributed by atoms with Crippen molar-refractivity contribution in [3.05, 3.63) is 23.9 Å². The molecule has 156 valence electrons. The third kappa shape index (κ3) is 3.54. The molecule has 29 heavy (non-hydrogen) atoms. The van der Waals surface area contributed by atoms with Crippen LogP contribution in [0.2, 0.25) is 0 Å². The van der Waals surface area contributed by atoms with Crippen LogP contribution in [0.1, 0.15) is 36.2 Å². The first-order valence-corrected chi connectivity index (χ1v) is 11.1. The summed E-state index contributed by atoms with van der Waals surface area (Å²) in [5.74, 6) is 1.67. The number of piperidine rings is 1. The molecule has 2 bridgehead atoms. The van der Waals surface area contributed by atoms with Crippen LogP contribution in [-0.2, 0) is 0 Å². The zero-order valence-corrected chi connectivity index (χ0v) is 18.0. The number of fused-ring (bicyclic) bond motifs is 2. The van der Waals surface area contributed by atoms with Crippen LogP contribution in [0, 0.1) is 0 Å². The van der Waals surface area contributed by atoms with Crippen molar-refractivity contribution in [1.82, 2.24) is 15.1 Å². The number of methoxy groups -OCH3 is 3. The number of nitrogens with one attached hydrogen (secondary N) is 1. The van der Waals surface area contributed by atoms with Gasteiger partial charge in [0.1, 0.15) is 5.69 Å². The van der Waals surface area contributed by atoms with E-state index in [4.69, 9.17) is 14.2 Å². The molecule has 1 aromatic heterocycles. The van der Waals surface area contributed by atoms with E-state index in [1.165, 1.54) is 0 Å². The first kappa shape index (κ1) is 19.9. The fourth-order valence-electron chi connectivity index (χ4n) is 4.60. The minimum Gasteiger partial charge on any atom is -0.493 e. The Morgan fingerprint density at radius 1 is 1.07 bits per heavy atom. The molecule has 2 unspecified atom stereocenters. The monoisotopic (exact) mass is 417 g/mol. The van der Waals surface area contributed by atoms with Gasteiger partial charge in [0.15, 0.2) is 11.5 Å². The van der Waals surface area contributed by atoms with E-state index in [0.717, 1.165) is 31.2 Å². The van der Waals surface area contributed by atoms with Gasteiger partial charge >= 0.3 is 0 Å². The Hall–Kier alpha value is -2.35. The zero-order valence-electron chi connectivity index (χ0n) is 17.2. The van der Waals surface area contributed by atoms with Gasteiger partial charge in [-0.05, 0) is 50.1 Å². The van der Waals surface area contributed by atoms with Gasteiger partial charge in [-0.2, -0.15) is 16.9 Å². The second-order valence-corrected chi connectivity index (χ2v) is 8.65. The lowest BCUT2D eigenvalue weighted by Gasteiger charge is -2.38. The minimum atomic E-state index is 0.0447. The Bertz CT molecular complexity index is 861. The van der Waals surface area contributed by atoms with E-state index in [2.05, 4.69) is 21.4 Å². The van der Waals surface area contributed by atoms with Crippen LogP contribution in [0.5, 0.6) is 17.2 Å². The molecule has 0 aliphatic carbocycles. The van der Waals surface area contributed by atoms with Crippen LogP contribution in [0.4, 0.5) is 0 Å². The van der Waals surface area contributed by atoms with E-state index < -0.39 is 0 Å². The van der Waals surface area contributed by atoms with Crippen molar-refractivity contribution in [3.63, 3.8) is 0 Å². The number of H-pyrrole nitrogens is 1.